The van der Waals surface area contributed by atoms with Crippen molar-refractivity contribution in [1.29, 1.82) is 0 Å². The van der Waals surface area contributed by atoms with Crippen LogP contribution >= 0.6 is 0 Å². The molecule has 126 valence electrons. The molecule has 0 aliphatic heterocycles. The van der Waals surface area contributed by atoms with Crippen LogP contribution in [0.15, 0.2) is 12.3 Å². The van der Waals surface area contributed by atoms with Crippen LogP contribution in [0.5, 0.6) is 0 Å². The first-order valence-electron chi connectivity index (χ1n) is 8.88. The molecule has 3 rings (SSSR count). The van der Waals surface area contributed by atoms with E-state index in [1.807, 2.05) is 0 Å². The van der Waals surface area contributed by atoms with E-state index in [0.29, 0.717) is 12.1 Å². The molecule has 1 saturated carbocycles. The van der Waals surface area contributed by atoms with Gasteiger partial charge in [-0.2, -0.15) is 0 Å². The molecule has 1 N–H and O–H groups in total. The lowest BCUT2D eigenvalue weighted by molar-refractivity contribution is 0.190. The molecular formula is C19H29N3O. The second-order valence-corrected chi connectivity index (χ2v) is 6.76. The van der Waals surface area contributed by atoms with Crippen LogP contribution in [0.4, 0.5) is 0 Å². The summed E-state index contributed by atoms with van der Waals surface area (Å²) >= 11 is 0. The molecule has 0 bridgehead atoms. The summed E-state index contributed by atoms with van der Waals surface area (Å²) in [5, 5.41) is 5.01. The minimum Gasteiger partial charge on any atom is -0.385 e. The maximum atomic E-state index is 5.20. The summed E-state index contributed by atoms with van der Waals surface area (Å²) < 4.78 is 7.58. The molecule has 2 aromatic rings. The van der Waals surface area contributed by atoms with Crippen LogP contribution in [-0.2, 0) is 17.7 Å². The first-order valence-corrected chi connectivity index (χ1v) is 8.88. The van der Waals surface area contributed by atoms with E-state index in [-0.39, 0.29) is 0 Å². The molecule has 1 aliphatic rings. The van der Waals surface area contributed by atoms with Gasteiger partial charge in [-0.25, -0.2) is 0 Å². The molecular weight excluding hydrogens is 286 g/mol. The lowest BCUT2D eigenvalue weighted by Gasteiger charge is -2.15. The number of ether oxygens (including phenoxy) is 1. The minimum atomic E-state index is 0.319. The molecule has 0 aromatic carbocycles. The van der Waals surface area contributed by atoms with Gasteiger partial charge in [0.1, 0.15) is 0 Å². The van der Waals surface area contributed by atoms with E-state index in [2.05, 4.69) is 42.9 Å². The Labute approximate surface area is 139 Å². The largest absolute Gasteiger partial charge is 0.385 e. The molecule has 0 saturated heterocycles. The molecule has 2 aromatic heterocycles. The lowest BCUT2D eigenvalue weighted by atomic mass is 10.1. The number of rotatable bonds is 8. The average Bonchev–Trinajstić information content (AvgIpc) is 3.30. The van der Waals surface area contributed by atoms with Gasteiger partial charge in [0.05, 0.1) is 16.9 Å². The fourth-order valence-corrected chi connectivity index (χ4v) is 3.36. The van der Waals surface area contributed by atoms with Crippen LogP contribution in [0.1, 0.15) is 56.1 Å². The number of aromatic nitrogens is 2. The third-order valence-corrected chi connectivity index (χ3v) is 4.74. The summed E-state index contributed by atoms with van der Waals surface area (Å²) in [6.07, 6.45) is 6.89. The molecule has 1 fully saturated rings. The van der Waals surface area contributed by atoms with Crippen molar-refractivity contribution < 1.29 is 4.74 Å². The molecule has 0 radical (unpaired) electrons. The number of fused-ring (bicyclic) bond motifs is 1. The van der Waals surface area contributed by atoms with Gasteiger partial charge < -0.3 is 14.6 Å². The van der Waals surface area contributed by atoms with Gasteiger partial charge in [0.15, 0.2) is 0 Å². The Balaban J connectivity index is 1.96. The Kier molecular flexibility index (Phi) is 5.02. The number of methoxy groups -OCH3 is 1. The molecule has 4 nitrogen and oxygen atoms in total. The highest BCUT2D eigenvalue weighted by Crippen LogP contribution is 2.29. The second kappa shape index (κ2) is 7.02. The summed E-state index contributed by atoms with van der Waals surface area (Å²) in [4.78, 5) is 4.97. The Hall–Kier alpha value is -1.39. The van der Waals surface area contributed by atoms with Crippen molar-refractivity contribution in [2.24, 2.45) is 0 Å². The van der Waals surface area contributed by atoms with Crippen molar-refractivity contribution in [2.45, 2.75) is 65.1 Å². The van der Waals surface area contributed by atoms with Gasteiger partial charge in [-0.05, 0) is 51.2 Å². The van der Waals surface area contributed by atoms with Gasteiger partial charge in [0.2, 0.25) is 0 Å². The maximum absolute atomic E-state index is 5.20. The van der Waals surface area contributed by atoms with Crippen molar-refractivity contribution >= 4 is 10.9 Å². The van der Waals surface area contributed by atoms with E-state index in [1.165, 1.54) is 40.7 Å². The predicted molar refractivity (Wildman–Crippen MR) is 94.9 cm³/mol. The zero-order valence-electron chi connectivity index (χ0n) is 14.9. The highest BCUT2D eigenvalue weighted by molar-refractivity contribution is 5.86. The topological polar surface area (TPSA) is 39.1 Å². The van der Waals surface area contributed by atoms with E-state index in [9.17, 15) is 0 Å². The van der Waals surface area contributed by atoms with Crippen molar-refractivity contribution in [1.82, 2.24) is 14.9 Å². The Bertz CT molecular complexity index is 673. The van der Waals surface area contributed by atoms with Crippen LogP contribution in [-0.4, -0.2) is 29.3 Å². The molecule has 1 atom stereocenters. The summed E-state index contributed by atoms with van der Waals surface area (Å²) in [5.74, 6) is 0. The fraction of sp³-hybridized carbons (Fsp3) is 0.632. The van der Waals surface area contributed by atoms with Crippen LogP contribution in [0.3, 0.4) is 0 Å². The summed E-state index contributed by atoms with van der Waals surface area (Å²) in [7, 11) is 1.77. The van der Waals surface area contributed by atoms with E-state index in [1.54, 1.807) is 7.11 Å². The van der Waals surface area contributed by atoms with Crippen molar-refractivity contribution in [3.63, 3.8) is 0 Å². The number of pyridine rings is 1. The first-order chi connectivity index (χ1) is 11.1. The van der Waals surface area contributed by atoms with Gasteiger partial charge in [-0.15, -0.1) is 0 Å². The van der Waals surface area contributed by atoms with Gasteiger partial charge in [-0.1, -0.05) is 6.92 Å². The fourth-order valence-electron chi connectivity index (χ4n) is 3.36. The minimum absolute atomic E-state index is 0.319. The van der Waals surface area contributed by atoms with E-state index < -0.39 is 0 Å². The summed E-state index contributed by atoms with van der Waals surface area (Å²) in [6, 6.07) is 3.30. The lowest BCUT2D eigenvalue weighted by Crippen LogP contribution is -2.22. The van der Waals surface area contributed by atoms with Crippen LogP contribution in [0.2, 0.25) is 0 Å². The van der Waals surface area contributed by atoms with Crippen LogP contribution in [0, 0.1) is 6.92 Å². The van der Waals surface area contributed by atoms with Gasteiger partial charge in [0.25, 0.3) is 0 Å². The molecule has 0 amide bonds. The van der Waals surface area contributed by atoms with Crippen molar-refractivity contribution in [3.8, 4) is 0 Å². The molecule has 23 heavy (non-hydrogen) atoms. The third-order valence-electron chi connectivity index (χ3n) is 4.74. The number of aryl methyl sites for hydroxylation is 3. The Morgan fingerprint density at radius 3 is 2.87 bits per heavy atom. The monoisotopic (exact) mass is 315 g/mol. The summed E-state index contributed by atoms with van der Waals surface area (Å²) in [5.41, 5.74) is 5.05. The highest BCUT2D eigenvalue weighted by atomic mass is 16.5. The third kappa shape index (κ3) is 3.59. The zero-order valence-corrected chi connectivity index (χ0v) is 14.9. The number of nitrogens with zero attached hydrogens (tertiary/aromatic N) is 2. The smallest absolute Gasteiger partial charge is 0.0594 e. The Morgan fingerprint density at radius 1 is 1.43 bits per heavy atom. The van der Waals surface area contributed by atoms with Gasteiger partial charge >= 0.3 is 0 Å². The average molecular weight is 315 g/mol. The Morgan fingerprint density at radius 2 is 2.22 bits per heavy atom. The maximum Gasteiger partial charge on any atom is 0.0594 e. The SMILES string of the molecule is CCc1nc(C(C)NC2CC2)cc2c1c(C)cn2CCCOC. The number of nitrogens with one attached hydrogen (secondary N) is 1. The molecule has 4 heteroatoms. The standard InChI is InChI=1S/C19H29N3O/c1-5-16-19-13(2)12-22(9-6-10-23-4)18(19)11-17(21-16)14(3)20-15-7-8-15/h11-12,14-15,20H,5-10H2,1-4H3. The zero-order chi connectivity index (χ0) is 16.4. The van der Waals surface area contributed by atoms with E-state index >= 15 is 0 Å². The van der Waals surface area contributed by atoms with Crippen LogP contribution < -0.4 is 5.32 Å². The second-order valence-electron chi connectivity index (χ2n) is 6.76. The van der Waals surface area contributed by atoms with Crippen molar-refractivity contribution in [2.75, 3.05) is 13.7 Å². The number of hydrogen-bond acceptors (Lipinski definition) is 3. The molecule has 1 aliphatic carbocycles. The quantitative estimate of drug-likeness (QED) is 0.754. The van der Waals surface area contributed by atoms with Crippen molar-refractivity contribution in [3.05, 3.63) is 29.2 Å². The predicted octanol–water partition coefficient (Wildman–Crippen LogP) is 3.76. The molecule has 1 unspecified atom stereocenters. The van der Waals surface area contributed by atoms with E-state index in [4.69, 9.17) is 9.72 Å². The highest BCUT2D eigenvalue weighted by Gasteiger charge is 2.24. The molecule has 0 spiro atoms. The first kappa shape index (κ1) is 16.5. The summed E-state index contributed by atoms with van der Waals surface area (Å²) in [6.45, 7) is 8.43. The normalized spacial score (nSPS) is 16.2. The number of hydrogen-bond donors (Lipinski definition) is 1. The van der Waals surface area contributed by atoms with Crippen LogP contribution in [0.25, 0.3) is 10.9 Å². The van der Waals surface area contributed by atoms with E-state index in [0.717, 1.165) is 26.0 Å². The molecule has 2 heterocycles. The van der Waals surface area contributed by atoms with Gasteiger partial charge in [-0.3, -0.25) is 4.98 Å². The van der Waals surface area contributed by atoms with Gasteiger partial charge in [0, 0.05) is 43.9 Å².